The normalized spacial score (nSPS) is 15.2. The fourth-order valence-corrected chi connectivity index (χ4v) is 1.04. The Morgan fingerprint density at radius 2 is 2.00 bits per heavy atom. The van der Waals surface area contributed by atoms with Crippen LogP contribution in [0.15, 0.2) is 12.3 Å². The zero-order valence-corrected chi connectivity index (χ0v) is 10.5. The lowest BCUT2D eigenvalue weighted by Crippen LogP contribution is -2.16. The van der Waals surface area contributed by atoms with Gasteiger partial charge in [0.15, 0.2) is 0 Å². The third-order valence-corrected chi connectivity index (χ3v) is 1.82. The number of hydrogen-bond donors (Lipinski definition) is 1. The van der Waals surface area contributed by atoms with Crippen LogP contribution in [0.2, 0.25) is 0 Å². The highest BCUT2D eigenvalue weighted by Gasteiger charge is 2.00. The van der Waals surface area contributed by atoms with E-state index in [2.05, 4.69) is 0 Å². The Morgan fingerprint density at radius 1 is 1.25 bits per heavy atom. The Labute approximate surface area is 98.2 Å². The molecule has 0 aromatic rings. The molecule has 0 fully saturated rings. The summed E-state index contributed by atoms with van der Waals surface area (Å²) in [5.74, 6) is 0. The van der Waals surface area contributed by atoms with Crippen molar-refractivity contribution < 1.29 is 19.3 Å². The lowest BCUT2D eigenvalue weighted by Gasteiger charge is -2.11. The van der Waals surface area contributed by atoms with Gasteiger partial charge in [0, 0.05) is 0 Å². The van der Waals surface area contributed by atoms with Crippen LogP contribution in [0.1, 0.15) is 27.2 Å². The zero-order chi connectivity index (χ0) is 12.2. The van der Waals surface area contributed by atoms with Crippen LogP contribution in [-0.2, 0) is 14.2 Å². The van der Waals surface area contributed by atoms with Crippen LogP contribution < -0.4 is 0 Å². The van der Waals surface area contributed by atoms with Gasteiger partial charge in [0.25, 0.3) is 0 Å². The van der Waals surface area contributed by atoms with E-state index in [1.807, 2.05) is 19.9 Å². The van der Waals surface area contributed by atoms with Crippen LogP contribution in [-0.4, -0.2) is 43.7 Å². The lowest BCUT2D eigenvalue weighted by atomic mass is 10.3. The van der Waals surface area contributed by atoms with Crippen molar-refractivity contribution >= 4 is 0 Å². The van der Waals surface area contributed by atoms with Gasteiger partial charge in [-0.3, -0.25) is 0 Å². The monoisotopic (exact) mass is 232 g/mol. The summed E-state index contributed by atoms with van der Waals surface area (Å²) < 4.78 is 15.7. The quantitative estimate of drug-likeness (QED) is 0.460. The fraction of sp³-hybridized carbons (Fsp3) is 0.833. The molecule has 0 heterocycles. The van der Waals surface area contributed by atoms with Crippen molar-refractivity contribution in [2.24, 2.45) is 0 Å². The molecule has 0 aromatic heterocycles. The van der Waals surface area contributed by atoms with E-state index in [4.69, 9.17) is 19.3 Å². The molecule has 2 unspecified atom stereocenters. The molecule has 2 atom stereocenters. The van der Waals surface area contributed by atoms with Crippen molar-refractivity contribution in [1.82, 2.24) is 0 Å². The SMILES string of the molecule is CCO/C=C\CC(C)OCCOCC(C)O. The van der Waals surface area contributed by atoms with Crippen LogP contribution >= 0.6 is 0 Å². The standard InChI is InChI=1S/C12H24O4/c1-4-14-7-5-6-12(3)16-9-8-15-10-11(2)13/h5,7,11-13H,4,6,8-10H2,1-3H3/b7-5-. The fourth-order valence-electron chi connectivity index (χ4n) is 1.04. The summed E-state index contributed by atoms with van der Waals surface area (Å²) in [7, 11) is 0. The molecule has 0 saturated carbocycles. The summed E-state index contributed by atoms with van der Waals surface area (Å²) in [6, 6.07) is 0. The maximum absolute atomic E-state index is 8.94. The molecule has 0 aliphatic carbocycles. The zero-order valence-electron chi connectivity index (χ0n) is 10.5. The molecule has 96 valence electrons. The van der Waals surface area contributed by atoms with Crippen LogP contribution in [0.5, 0.6) is 0 Å². The molecule has 0 rings (SSSR count). The van der Waals surface area contributed by atoms with Gasteiger partial charge in [-0.25, -0.2) is 0 Å². The molecule has 0 saturated heterocycles. The molecule has 1 N–H and O–H groups in total. The summed E-state index contributed by atoms with van der Waals surface area (Å²) in [4.78, 5) is 0. The second-order valence-electron chi connectivity index (χ2n) is 3.67. The Kier molecular flexibility index (Phi) is 10.5. The Morgan fingerprint density at radius 3 is 2.62 bits per heavy atom. The average Bonchev–Trinajstić information content (AvgIpc) is 2.23. The molecule has 0 aromatic carbocycles. The minimum absolute atomic E-state index is 0.159. The molecule has 0 spiro atoms. The van der Waals surface area contributed by atoms with Crippen LogP contribution in [0.25, 0.3) is 0 Å². The Hall–Kier alpha value is -0.580. The minimum atomic E-state index is -0.411. The topological polar surface area (TPSA) is 47.9 Å². The summed E-state index contributed by atoms with van der Waals surface area (Å²) in [6.45, 7) is 7.78. The first-order chi connectivity index (χ1) is 7.66. The van der Waals surface area contributed by atoms with Gasteiger partial charge < -0.3 is 19.3 Å². The maximum Gasteiger partial charge on any atom is 0.0845 e. The molecular weight excluding hydrogens is 208 g/mol. The van der Waals surface area contributed by atoms with Crippen molar-refractivity contribution in [2.75, 3.05) is 26.4 Å². The predicted molar refractivity (Wildman–Crippen MR) is 63.3 cm³/mol. The minimum Gasteiger partial charge on any atom is -0.502 e. The molecule has 0 aliphatic rings. The third-order valence-electron chi connectivity index (χ3n) is 1.82. The second-order valence-corrected chi connectivity index (χ2v) is 3.67. The number of ether oxygens (including phenoxy) is 3. The summed E-state index contributed by atoms with van der Waals surface area (Å²) in [6.07, 6.45) is 4.23. The first-order valence-electron chi connectivity index (χ1n) is 5.80. The van der Waals surface area contributed by atoms with Crippen molar-refractivity contribution in [2.45, 2.75) is 39.4 Å². The van der Waals surface area contributed by atoms with E-state index in [9.17, 15) is 0 Å². The van der Waals surface area contributed by atoms with Gasteiger partial charge in [-0.15, -0.1) is 0 Å². The average molecular weight is 232 g/mol. The highest BCUT2D eigenvalue weighted by atomic mass is 16.5. The van der Waals surface area contributed by atoms with Gasteiger partial charge in [0.1, 0.15) is 0 Å². The van der Waals surface area contributed by atoms with E-state index in [-0.39, 0.29) is 6.10 Å². The van der Waals surface area contributed by atoms with E-state index in [1.165, 1.54) is 0 Å². The van der Waals surface area contributed by atoms with Gasteiger partial charge in [0.2, 0.25) is 0 Å². The van der Waals surface area contributed by atoms with E-state index in [0.717, 1.165) is 6.42 Å². The summed E-state index contributed by atoms with van der Waals surface area (Å²) in [5.41, 5.74) is 0. The Balaban J connectivity index is 3.26. The smallest absolute Gasteiger partial charge is 0.0845 e. The summed E-state index contributed by atoms with van der Waals surface area (Å²) in [5, 5.41) is 8.94. The molecule has 4 heteroatoms. The maximum atomic E-state index is 8.94. The van der Waals surface area contributed by atoms with Gasteiger partial charge in [-0.05, 0) is 33.3 Å². The largest absolute Gasteiger partial charge is 0.502 e. The first-order valence-corrected chi connectivity index (χ1v) is 5.80. The molecule has 0 bridgehead atoms. The van der Waals surface area contributed by atoms with Crippen LogP contribution in [0.4, 0.5) is 0 Å². The molecule has 4 nitrogen and oxygen atoms in total. The lowest BCUT2D eigenvalue weighted by molar-refractivity contribution is -0.00992. The molecule has 0 aliphatic heterocycles. The van der Waals surface area contributed by atoms with Gasteiger partial charge in [-0.1, -0.05) is 0 Å². The van der Waals surface area contributed by atoms with Crippen molar-refractivity contribution in [3.05, 3.63) is 12.3 Å². The number of rotatable bonds is 10. The highest BCUT2D eigenvalue weighted by Crippen LogP contribution is 1.98. The predicted octanol–water partition coefficient (Wildman–Crippen LogP) is 1.73. The van der Waals surface area contributed by atoms with E-state index >= 15 is 0 Å². The van der Waals surface area contributed by atoms with Crippen molar-refractivity contribution in [3.8, 4) is 0 Å². The second kappa shape index (κ2) is 10.9. The van der Waals surface area contributed by atoms with Crippen molar-refractivity contribution in [3.63, 3.8) is 0 Å². The third kappa shape index (κ3) is 11.5. The van der Waals surface area contributed by atoms with Gasteiger partial charge in [0.05, 0.1) is 44.9 Å². The Bertz CT molecular complexity index is 168. The molecule has 0 radical (unpaired) electrons. The molecule has 16 heavy (non-hydrogen) atoms. The molecular formula is C12H24O4. The van der Waals surface area contributed by atoms with Crippen LogP contribution in [0, 0.1) is 0 Å². The van der Waals surface area contributed by atoms with E-state index in [0.29, 0.717) is 26.4 Å². The molecule has 0 amide bonds. The van der Waals surface area contributed by atoms with Crippen LogP contribution in [0.3, 0.4) is 0 Å². The van der Waals surface area contributed by atoms with Gasteiger partial charge >= 0.3 is 0 Å². The van der Waals surface area contributed by atoms with E-state index in [1.54, 1.807) is 13.2 Å². The van der Waals surface area contributed by atoms with Crippen molar-refractivity contribution in [1.29, 1.82) is 0 Å². The van der Waals surface area contributed by atoms with Gasteiger partial charge in [-0.2, -0.15) is 0 Å². The number of aliphatic hydroxyl groups excluding tert-OH is 1. The highest BCUT2D eigenvalue weighted by molar-refractivity contribution is 4.76. The summed E-state index contributed by atoms with van der Waals surface area (Å²) >= 11 is 0. The van der Waals surface area contributed by atoms with E-state index < -0.39 is 6.10 Å². The first kappa shape index (κ1) is 15.4. The number of aliphatic hydroxyl groups is 1. The number of hydrogen-bond acceptors (Lipinski definition) is 4.